The first-order valence-electron chi connectivity index (χ1n) is 4.82. The normalized spacial score (nSPS) is 18.8. The Kier molecular flexibility index (Phi) is 4.24. The number of hydrogen-bond acceptors (Lipinski definition) is 1. The summed E-state index contributed by atoms with van der Waals surface area (Å²) in [5, 5.41) is 0. The minimum atomic E-state index is 0.828. The van der Waals surface area contributed by atoms with Gasteiger partial charge in [0.2, 0.25) is 0 Å². The molecule has 0 aromatic carbocycles. The molecule has 0 fully saturated rings. The van der Waals surface area contributed by atoms with Crippen LogP contribution in [0, 0.1) is 0 Å². The molecule has 0 unspecified atom stereocenters. The summed E-state index contributed by atoms with van der Waals surface area (Å²) in [5.74, 6) is 0. The molecule has 0 amide bonds. The van der Waals surface area contributed by atoms with Crippen molar-refractivity contribution in [3.63, 3.8) is 0 Å². The van der Waals surface area contributed by atoms with Crippen LogP contribution in [0.1, 0.15) is 32.6 Å². The first-order valence-corrected chi connectivity index (χ1v) is 4.82. The summed E-state index contributed by atoms with van der Waals surface area (Å²) >= 11 is 0. The molecule has 0 aromatic heterocycles. The third-order valence-electron chi connectivity index (χ3n) is 2.22. The van der Waals surface area contributed by atoms with Crippen molar-refractivity contribution in [3.8, 4) is 0 Å². The highest BCUT2D eigenvalue weighted by Crippen LogP contribution is 2.18. The van der Waals surface area contributed by atoms with E-state index < -0.39 is 0 Å². The van der Waals surface area contributed by atoms with Gasteiger partial charge in [-0.05, 0) is 44.3 Å². The van der Waals surface area contributed by atoms with E-state index in [0.29, 0.717) is 0 Å². The molecule has 13 heavy (non-hydrogen) atoms. The Hall–Kier alpha value is -1.11. The van der Waals surface area contributed by atoms with E-state index in [-0.39, 0.29) is 0 Å². The van der Waals surface area contributed by atoms with Gasteiger partial charge in [-0.25, -0.2) is 0 Å². The van der Waals surface area contributed by atoms with Crippen molar-refractivity contribution in [2.45, 2.75) is 32.6 Å². The molecule has 1 rings (SSSR count). The molecule has 1 heteroatoms. The number of aldehydes is 1. The molecule has 0 aliphatic heterocycles. The van der Waals surface area contributed by atoms with E-state index in [4.69, 9.17) is 0 Å². The molecule has 0 atom stereocenters. The van der Waals surface area contributed by atoms with E-state index in [9.17, 15) is 4.79 Å². The zero-order chi connectivity index (χ0) is 9.52. The molecule has 0 saturated carbocycles. The van der Waals surface area contributed by atoms with Gasteiger partial charge in [0.25, 0.3) is 0 Å². The van der Waals surface area contributed by atoms with E-state index in [2.05, 4.69) is 12.2 Å². The Morgan fingerprint density at radius 2 is 2.31 bits per heavy atom. The zero-order valence-electron chi connectivity index (χ0n) is 8.12. The maximum atomic E-state index is 10.1. The summed E-state index contributed by atoms with van der Waals surface area (Å²) in [5.41, 5.74) is 2.42. The van der Waals surface area contributed by atoms with Gasteiger partial charge in [-0.15, -0.1) is 0 Å². The van der Waals surface area contributed by atoms with Crippen molar-refractivity contribution < 1.29 is 4.79 Å². The SMILES string of the molecule is CC(C=CC1=CCCCC1)=CC=O. The highest BCUT2D eigenvalue weighted by Gasteiger charge is 1.98. The second-order valence-electron chi connectivity index (χ2n) is 3.40. The molecule has 1 aliphatic carbocycles. The molecule has 0 heterocycles. The van der Waals surface area contributed by atoms with Gasteiger partial charge >= 0.3 is 0 Å². The molecule has 70 valence electrons. The topological polar surface area (TPSA) is 17.1 Å². The van der Waals surface area contributed by atoms with E-state index in [1.165, 1.54) is 31.3 Å². The Morgan fingerprint density at radius 1 is 1.46 bits per heavy atom. The fraction of sp³-hybridized carbons (Fsp3) is 0.417. The third kappa shape index (κ3) is 3.88. The monoisotopic (exact) mass is 176 g/mol. The van der Waals surface area contributed by atoms with Gasteiger partial charge in [-0.3, -0.25) is 4.79 Å². The second kappa shape index (κ2) is 5.52. The lowest BCUT2D eigenvalue weighted by atomic mass is 9.99. The van der Waals surface area contributed by atoms with E-state index >= 15 is 0 Å². The van der Waals surface area contributed by atoms with Gasteiger partial charge < -0.3 is 0 Å². The average molecular weight is 176 g/mol. The van der Waals surface area contributed by atoms with Crippen molar-refractivity contribution in [1.29, 1.82) is 0 Å². The van der Waals surface area contributed by atoms with Crippen LogP contribution in [0.25, 0.3) is 0 Å². The molecular weight excluding hydrogens is 160 g/mol. The number of hydrogen-bond donors (Lipinski definition) is 0. The zero-order valence-corrected chi connectivity index (χ0v) is 8.12. The quantitative estimate of drug-likeness (QED) is 0.366. The van der Waals surface area contributed by atoms with Crippen LogP contribution in [0.15, 0.2) is 35.5 Å². The van der Waals surface area contributed by atoms with E-state index in [1.807, 2.05) is 13.0 Å². The Balaban J connectivity index is 2.51. The van der Waals surface area contributed by atoms with Crippen LogP contribution in [-0.2, 0) is 4.79 Å². The van der Waals surface area contributed by atoms with Crippen LogP contribution in [0.4, 0.5) is 0 Å². The van der Waals surface area contributed by atoms with Crippen LogP contribution < -0.4 is 0 Å². The van der Waals surface area contributed by atoms with Gasteiger partial charge in [0, 0.05) is 0 Å². The lowest BCUT2D eigenvalue weighted by molar-refractivity contribution is -0.104. The predicted octanol–water partition coefficient (Wildman–Crippen LogP) is 3.19. The highest BCUT2D eigenvalue weighted by molar-refractivity contribution is 5.67. The number of carbonyl (C=O) groups excluding carboxylic acids is 1. The Bertz CT molecular complexity index is 256. The second-order valence-corrected chi connectivity index (χ2v) is 3.40. The van der Waals surface area contributed by atoms with Crippen molar-refractivity contribution in [2.75, 3.05) is 0 Å². The molecule has 0 saturated heterocycles. The van der Waals surface area contributed by atoms with Gasteiger partial charge in [-0.1, -0.05) is 23.8 Å². The first kappa shape index (κ1) is 9.97. The first-order chi connectivity index (χ1) is 6.33. The molecule has 0 bridgehead atoms. The molecule has 0 radical (unpaired) electrons. The van der Waals surface area contributed by atoms with Crippen molar-refractivity contribution in [2.24, 2.45) is 0 Å². The fourth-order valence-corrected chi connectivity index (χ4v) is 1.42. The molecule has 1 aliphatic rings. The van der Waals surface area contributed by atoms with Crippen LogP contribution >= 0.6 is 0 Å². The fourth-order valence-electron chi connectivity index (χ4n) is 1.42. The summed E-state index contributed by atoms with van der Waals surface area (Å²) in [6.07, 6.45) is 13.8. The number of rotatable bonds is 3. The smallest absolute Gasteiger partial charge is 0.143 e. The van der Waals surface area contributed by atoms with Crippen molar-refractivity contribution in [3.05, 3.63) is 35.5 Å². The minimum absolute atomic E-state index is 0.828. The van der Waals surface area contributed by atoms with Crippen LogP contribution in [0.3, 0.4) is 0 Å². The van der Waals surface area contributed by atoms with Crippen molar-refractivity contribution >= 4 is 6.29 Å². The third-order valence-corrected chi connectivity index (χ3v) is 2.22. The summed E-state index contributed by atoms with van der Waals surface area (Å²) < 4.78 is 0. The standard InChI is InChI=1S/C12H16O/c1-11(9-10-13)7-8-12-5-3-2-4-6-12/h5,7-10H,2-4,6H2,1H3. The van der Waals surface area contributed by atoms with Crippen LogP contribution in [0.2, 0.25) is 0 Å². The Labute approximate surface area is 79.8 Å². The molecule has 0 N–H and O–H groups in total. The predicted molar refractivity (Wildman–Crippen MR) is 55.5 cm³/mol. The largest absolute Gasteiger partial charge is 0.299 e. The summed E-state index contributed by atoms with van der Waals surface area (Å²) in [6, 6.07) is 0. The highest BCUT2D eigenvalue weighted by atomic mass is 16.1. The maximum absolute atomic E-state index is 10.1. The summed E-state index contributed by atoms with van der Waals surface area (Å²) in [7, 11) is 0. The van der Waals surface area contributed by atoms with E-state index in [1.54, 1.807) is 6.08 Å². The Morgan fingerprint density at radius 3 is 2.92 bits per heavy atom. The number of carbonyl (C=O) groups is 1. The molecule has 0 spiro atoms. The lowest BCUT2D eigenvalue weighted by Crippen LogP contribution is -1.88. The molecular formula is C12H16O. The summed E-state index contributed by atoms with van der Waals surface area (Å²) in [4.78, 5) is 10.1. The number of allylic oxidation sites excluding steroid dienone is 6. The van der Waals surface area contributed by atoms with E-state index in [0.717, 1.165) is 11.9 Å². The van der Waals surface area contributed by atoms with Crippen molar-refractivity contribution in [1.82, 2.24) is 0 Å². The van der Waals surface area contributed by atoms with Gasteiger partial charge in [0.15, 0.2) is 0 Å². The van der Waals surface area contributed by atoms with Crippen LogP contribution in [0.5, 0.6) is 0 Å². The maximum Gasteiger partial charge on any atom is 0.143 e. The average Bonchev–Trinajstić information content (AvgIpc) is 2.17. The molecule has 1 nitrogen and oxygen atoms in total. The lowest BCUT2D eigenvalue weighted by Gasteiger charge is -2.07. The van der Waals surface area contributed by atoms with Gasteiger partial charge in [-0.2, -0.15) is 0 Å². The van der Waals surface area contributed by atoms with Gasteiger partial charge in [0.1, 0.15) is 6.29 Å². The van der Waals surface area contributed by atoms with Gasteiger partial charge in [0.05, 0.1) is 0 Å². The molecule has 0 aromatic rings. The summed E-state index contributed by atoms with van der Waals surface area (Å²) in [6.45, 7) is 1.94. The minimum Gasteiger partial charge on any atom is -0.299 e. The van der Waals surface area contributed by atoms with Crippen LogP contribution in [-0.4, -0.2) is 6.29 Å².